The number of hydrogen-bond donors (Lipinski definition) is 0. The van der Waals surface area contributed by atoms with Crippen LogP contribution in [0.4, 0.5) is 0 Å². The van der Waals surface area contributed by atoms with Crippen molar-refractivity contribution in [1.29, 1.82) is 0 Å². The number of methoxy groups -OCH3 is 1. The predicted octanol–water partition coefficient (Wildman–Crippen LogP) is 1.64. The molecule has 0 aromatic heterocycles. The molecular formula is C10H11BrO4S. The van der Waals surface area contributed by atoms with E-state index in [1.807, 2.05) is 0 Å². The van der Waals surface area contributed by atoms with Crippen LogP contribution < -0.4 is 0 Å². The molecule has 0 saturated carbocycles. The van der Waals surface area contributed by atoms with E-state index in [0.717, 1.165) is 0 Å². The molecular weight excluding hydrogens is 296 g/mol. The number of carbonyl (C=O) groups is 1. The van der Waals surface area contributed by atoms with E-state index in [9.17, 15) is 13.2 Å². The number of hydrogen-bond acceptors (Lipinski definition) is 4. The van der Waals surface area contributed by atoms with Crippen LogP contribution in [0, 0.1) is 0 Å². The van der Waals surface area contributed by atoms with Crippen LogP contribution in [0.25, 0.3) is 0 Å². The number of carbonyl (C=O) groups excluding carboxylic acids is 1. The first-order valence-corrected chi connectivity index (χ1v) is 7.25. The maximum Gasteiger partial charge on any atom is 0.337 e. The molecule has 0 aliphatic rings. The summed E-state index contributed by atoms with van der Waals surface area (Å²) in [5.74, 6) is -0.450. The second-order valence-corrected chi connectivity index (χ2v) is 5.93. The van der Waals surface area contributed by atoms with Crippen LogP contribution in [0.1, 0.15) is 10.4 Å². The number of esters is 1. The molecule has 88 valence electrons. The van der Waals surface area contributed by atoms with Crippen molar-refractivity contribution >= 4 is 31.7 Å². The Hall–Kier alpha value is -0.880. The van der Waals surface area contributed by atoms with Gasteiger partial charge in [-0.25, -0.2) is 13.2 Å². The van der Waals surface area contributed by atoms with E-state index < -0.39 is 15.8 Å². The second-order valence-electron chi connectivity index (χ2n) is 3.02. The Bertz CT molecular complexity index is 464. The number of benzene rings is 1. The second kappa shape index (κ2) is 5.45. The van der Waals surface area contributed by atoms with Crippen molar-refractivity contribution in [3.63, 3.8) is 0 Å². The fraction of sp³-hybridized carbons (Fsp3) is 0.300. The van der Waals surface area contributed by atoms with Gasteiger partial charge in [-0.05, 0) is 24.3 Å². The Morgan fingerprint density at radius 2 is 1.88 bits per heavy atom. The molecule has 0 amide bonds. The lowest BCUT2D eigenvalue weighted by Gasteiger charge is -2.03. The van der Waals surface area contributed by atoms with E-state index in [0.29, 0.717) is 10.9 Å². The van der Waals surface area contributed by atoms with E-state index in [4.69, 9.17) is 0 Å². The van der Waals surface area contributed by atoms with Gasteiger partial charge in [-0.3, -0.25) is 0 Å². The van der Waals surface area contributed by atoms with Crippen molar-refractivity contribution in [2.75, 3.05) is 18.2 Å². The molecule has 0 unspecified atom stereocenters. The third-order valence-electron chi connectivity index (χ3n) is 1.98. The van der Waals surface area contributed by atoms with Crippen molar-refractivity contribution in [1.82, 2.24) is 0 Å². The Morgan fingerprint density at radius 3 is 2.31 bits per heavy atom. The molecule has 16 heavy (non-hydrogen) atoms. The van der Waals surface area contributed by atoms with Crippen LogP contribution in [0.5, 0.6) is 0 Å². The van der Waals surface area contributed by atoms with Crippen LogP contribution in [0.15, 0.2) is 29.2 Å². The minimum absolute atomic E-state index is 0.0323. The Labute approximate surface area is 103 Å². The van der Waals surface area contributed by atoms with Crippen LogP contribution in [0.3, 0.4) is 0 Å². The van der Waals surface area contributed by atoms with Gasteiger partial charge in [0.2, 0.25) is 0 Å². The van der Waals surface area contributed by atoms with Gasteiger partial charge >= 0.3 is 5.97 Å². The molecule has 0 fully saturated rings. The quantitative estimate of drug-likeness (QED) is 0.627. The van der Waals surface area contributed by atoms with Crippen molar-refractivity contribution in [3.8, 4) is 0 Å². The lowest BCUT2D eigenvalue weighted by atomic mass is 10.2. The van der Waals surface area contributed by atoms with Gasteiger partial charge in [0, 0.05) is 5.33 Å². The zero-order valence-electron chi connectivity index (χ0n) is 8.64. The van der Waals surface area contributed by atoms with E-state index in [1.165, 1.54) is 31.4 Å². The van der Waals surface area contributed by atoms with Crippen molar-refractivity contribution in [2.24, 2.45) is 0 Å². The van der Waals surface area contributed by atoms with Gasteiger partial charge < -0.3 is 4.74 Å². The lowest BCUT2D eigenvalue weighted by Crippen LogP contribution is -2.08. The molecule has 4 nitrogen and oxygen atoms in total. The summed E-state index contributed by atoms with van der Waals surface area (Å²) in [6, 6.07) is 5.69. The predicted molar refractivity (Wildman–Crippen MR) is 63.6 cm³/mol. The van der Waals surface area contributed by atoms with Crippen LogP contribution >= 0.6 is 15.9 Å². The summed E-state index contributed by atoms with van der Waals surface area (Å²) in [7, 11) is -1.98. The largest absolute Gasteiger partial charge is 0.465 e. The Kier molecular flexibility index (Phi) is 4.49. The summed E-state index contributed by atoms with van der Waals surface area (Å²) < 4.78 is 27.8. The average molecular weight is 307 g/mol. The summed E-state index contributed by atoms with van der Waals surface area (Å²) in [5.41, 5.74) is 0.334. The molecule has 0 atom stereocenters. The molecule has 1 rings (SSSR count). The molecule has 0 radical (unpaired) electrons. The number of sulfone groups is 1. The van der Waals surface area contributed by atoms with Gasteiger partial charge in [0.15, 0.2) is 9.84 Å². The number of ether oxygens (including phenoxy) is 1. The third kappa shape index (κ3) is 3.05. The molecule has 1 aromatic rings. The van der Waals surface area contributed by atoms with Crippen LogP contribution in [-0.2, 0) is 14.6 Å². The van der Waals surface area contributed by atoms with Crippen LogP contribution in [0.2, 0.25) is 0 Å². The third-order valence-corrected chi connectivity index (χ3v) is 4.63. The molecule has 0 N–H and O–H groups in total. The van der Waals surface area contributed by atoms with Crippen molar-refractivity contribution < 1.29 is 17.9 Å². The molecule has 1 aromatic carbocycles. The highest BCUT2D eigenvalue weighted by Gasteiger charge is 2.14. The molecule has 0 spiro atoms. The first-order chi connectivity index (χ1) is 7.51. The van der Waals surface area contributed by atoms with E-state index >= 15 is 0 Å². The minimum Gasteiger partial charge on any atom is -0.465 e. The standard InChI is InChI=1S/C10H11BrO4S/c1-15-10(12)8-2-4-9(5-3-8)16(13,14)7-6-11/h2-5H,6-7H2,1H3. The van der Waals surface area contributed by atoms with Gasteiger partial charge in [0.05, 0.1) is 23.3 Å². The van der Waals surface area contributed by atoms with E-state index in [-0.39, 0.29) is 10.6 Å². The Balaban J connectivity index is 3.00. The Morgan fingerprint density at radius 1 is 1.31 bits per heavy atom. The highest BCUT2D eigenvalue weighted by atomic mass is 79.9. The summed E-state index contributed by atoms with van der Waals surface area (Å²) in [6.07, 6.45) is 0. The van der Waals surface area contributed by atoms with Gasteiger partial charge in [-0.2, -0.15) is 0 Å². The topological polar surface area (TPSA) is 60.4 Å². The highest BCUT2D eigenvalue weighted by molar-refractivity contribution is 9.09. The zero-order chi connectivity index (χ0) is 12.2. The molecule has 0 aliphatic carbocycles. The molecule has 6 heteroatoms. The smallest absolute Gasteiger partial charge is 0.337 e. The molecule has 0 bridgehead atoms. The lowest BCUT2D eigenvalue weighted by molar-refractivity contribution is 0.0600. The minimum atomic E-state index is -3.26. The summed E-state index contributed by atoms with van der Waals surface area (Å²) >= 11 is 3.08. The summed E-state index contributed by atoms with van der Waals surface area (Å²) in [6.45, 7) is 0. The fourth-order valence-electron chi connectivity index (χ4n) is 1.14. The summed E-state index contributed by atoms with van der Waals surface area (Å²) in [4.78, 5) is 11.3. The van der Waals surface area contributed by atoms with Crippen LogP contribution in [-0.4, -0.2) is 32.6 Å². The highest BCUT2D eigenvalue weighted by Crippen LogP contribution is 2.13. The first-order valence-electron chi connectivity index (χ1n) is 4.48. The van der Waals surface area contributed by atoms with E-state index in [2.05, 4.69) is 20.7 Å². The van der Waals surface area contributed by atoms with E-state index in [1.54, 1.807) is 0 Å². The number of rotatable bonds is 4. The van der Waals surface area contributed by atoms with Crippen molar-refractivity contribution in [2.45, 2.75) is 4.90 Å². The molecule has 0 aliphatic heterocycles. The normalized spacial score (nSPS) is 11.1. The SMILES string of the molecule is COC(=O)c1ccc(S(=O)(=O)CCBr)cc1. The molecule has 0 saturated heterocycles. The monoisotopic (exact) mass is 306 g/mol. The zero-order valence-corrected chi connectivity index (χ0v) is 11.0. The van der Waals surface area contributed by atoms with Crippen molar-refractivity contribution in [3.05, 3.63) is 29.8 Å². The maximum atomic E-state index is 11.6. The van der Waals surface area contributed by atoms with Gasteiger partial charge in [0.25, 0.3) is 0 Å². The first kappa shape index (κ1) is 13.2. The summed E-state index contributed by atoms with van der Waals surface area (Å²) in [5, 5.41) is 0.383. The average Bonchev–Trinajstić information content (AvgIpc) is 2.28. The number of halogens is 1. The maximum absolute atomic E-state index is 11.6. The van der Waals surface area contributed by atoms with Gasteiger partial charge in [0.1, 0.15) is 0 Å². The van der Waals surface area contributed by atoms with Gasteiger partial charge in [-0.15, -0.1) is 0 Å². The fourth-order valence-corrected chi connectivity index (χ4v) is 3.40. The molecule has 0 heterocycles. The number of alkyl halides is 1. The van der Waals surface area contributed by atoms with Gasteiger partial charge in [-0.1, -0.05) is 15.9 Å².